The minimum atomic E-state index is -0.335. The molecule has 0 heterocycles. The van der Waals surface area contributed by atoms with E-state index in [1.807, 2.05) is 6.07 Å². The van der Waals surface area contributed by atoms with E-state index in [-0.39, 0.29) is 11.7 Å². The second-order valence-corrected chi connectivity index (χ2v) is 5.00. The van der Waals surface area contributed by atoms with E-state index in [1.54, 1.807) is 24.3 Å². The van der Waals surface area contributed by atoms with Gasteiger partial charge in [-0.05, 0) is 41.8 Å². The highest BCUT2D eigenvalue weighted by atomic mass is 35.5. The monoisotopic (exact) mass is 293 g/mol. The summed E-state index contributed by atoms with van der Waals surface area (Å²) >= 11 is 11.8. The molecule has 2 aromatic rings. The van der Waals surface area contributed by atoms with Gasteiger partial charge in [-0.25, -0.2) is 4.39 Å². The first-order chi connectivity index (χ1) is 9.10. The number of halogens is 3. The largest absolute Gasteiger partial charge is 0.207 e. The Morgan fingerprint density at radius 2 is 1.74 bits per heavy atom. The second kappa shape index (κ2) is 6.06. The van der Waals surface area contributed by atoms with Crippen molar-refractivity contribution < 1.29 is 4.39 Å². The van der Waals surface area contributed by atoms with Crippen molar-refractivity contribution >= 4 is 23.2 Å². The van der Waals surface area contributed by atoms with Gasteiger partial charge < -0.3 is 0 Å². The Bertz CT molecular complexity index is 617. The fraction of sp³-hybridized carbons (Fsp3) is 0.133. The highest BCUT2D eigenvalue weighted by Gasteiger charge is 2.12. The number of hydrogen-bond acceptors (Lipinski definition) is 1. The summed E-state index contributed by atoms with van der Waals surface area (Å²) in [6, 6.07) is 13.5. The lowest BCUT2D eigenvalue weighted by Gasteiger charge is -2.10. The summed E-state index contributed by atoms with van der Waals surface area (Å²) in [5.74, 6) is -0.646. The van der Waals surface area contributed by atoms with Gasteiger partial charge in [-0.1, -0.05) is 41.4 Å². The highest BCUT2D eigenvalue weighted by molar-refractivity contribution is 6.42. The van der Waals surface area contributed by atoms with Crippen LogP contribution in [-0.2, 0) is 6.42 Å². The first kappa shape index (κ1) is 13.9. The first-order valence-corrected chi connectivity index (χ1v) is 6.45. The highest BCUT2D eigenvalue weighted by Crippen LogP contribution is 2.26. The summed E-state index contributed by atoms with van der Waals surface area (Å²) in [4.78, 5) is 0. The van der Waals surface area contributed by atoms with Gasteiger partial charge in [0, 0.05) is 0 Å². The van der Waals surface area contributed by atoms with Crippen molar-refractivity contribution in [2.75, 3.05) is 0 Å². The third kappa shape index (κ3) is 3.47. The summed E-state index contributed by atoms with van der Waals surface area (Å²) in [6.07, 6.45) is 0.513. The van der Waals surface area contributed by atoms with Crippen molar-refractivity contribution in [1.82, 2.24) is 0 Å². The van der Waals surface area contributed by atoms with Crippen molar-refractivity contribution in [3.63, 3.8) is 0 Å². The molecule has 19 heavy (non-hydrogen) atoms. The van der Waals surface area contributed by atoms with Crippen LogP contribution in [0, 0.1) is 17.1 Å². The Labute approximate surface area is 121 Å². The van der Waals surface area contributed by atoms with Crippen LogP contribution in [0.3, 0.4) is 0 Å². The summed E-state index contributed by atoms with van der Waals surface area (Å²) in [5.41, 5.74) is 1.71. The maximum atomic E-state index is 12.9. The van der Waals surface area contributed by atoms with Crippen LogP contribution < -0.4 is 0 Å². The number of nitriles is 1. The molecule has 0 fully saturated rings. The lowest BCUT2D eigenvalue weighted by Crippen LogP contribution is -2.00. The van der Waals surface area contributed by atoms with E-state index in [0.717, 1.165) is 11.1 Å². The molecule has 1 atom stereocenters. The van der Waals surface area contributed by atoms with E-state index in [1.165, 1.54) is 12.1 Å². The molecule has 4 heteroatoms. The Morgan fingerprint density at radius 1 is 1.05 bits per heavy atom. The van der Waals surface area contributed by atoms with Gasteiger partial charge in [-0.15, -0.1) is 0 Å². The molecule has 0 amide bonds. The summed E-state index contributed by atoms with van der Waals surface area (Å²) in [6.45, 7) is 0. The molecule has 0 spiro atoms. The summed E-state index contributed by atoms with van der Waals surface area (Å²) in [7, 11) is 0. The number of benzene rings is 2. The van der Waals surface area contributed by atoms with Gasteiger partial charge in [-0.3, -0.25) is 0 Å². The molecule has 0 bridgehead atoms. The van der Waals surface area contributed by atoms with Gasteiger partial charge in [-0.2, -0.15) is 5.26 Å². The lowest BCUT2D eigenvalue weighted by atomic mass is 9.93. The molecule has 0 saturated heterocycles. The van der Waals surface area contributed by atoms with E-state index < -0.39 is 0 Å². The van der Waals surface area contributed by atoms with Crippen LogP contribution in [0.2, 0.25) is 10.0 Å². The molecule has 2 aromatic carbocycles. The van der Waals surface area contributed by atoms with E-state index in [4.69, 9.17) is 23.2 Å². The zero-order valence-corrected chi connectivity index (χ0v) is 11.4. The average molecular weight is 294 g/mol. The van der Waals surface area contributed by atoms with Crippen LogP contribution in [0.5, 0.6) is 0 Å². The zero-order valence-electron chi connectivity index (χ0n) is 9.91. The predicted molar refractivity (Wildman–Crippen MR) is 74.9 cm³/mol. The SMILES string of the molecule is N#CC(Cc1ccc(Cl)c(Cl)c1)c1ccc(F)cc1. The lowest BCUT2D eigenvalue weighted by molar-refractivity contribution is 0.626. The van der Waals surface area contributed by atoms with E-state index in [2.05, 4.69) is 6.07 Å². The minimum absolute atomic E-state index is 0.310. The number of rotatable bonds is 3. The van der Waals surface area contributed by atoms with Gasteiger partial charge in [0.2, 0.25) is 0 Å². The minimum Gasteiger partial charge on any atom is -0.207 e. The standard InChI is InChI=1S/C15H10Cl2FN/c16-14-6-1-10(8-15(14)17)7-12(9-19)11-2-4-13(18)5-3-11/h1-6,8,12H,7H2. The molecule has 0 aromatic heterocycles. The molecular formula is C15H10Cl2FN. The fourth-order valence-corrected chi connectivity index (χ4v) is 2.16. The molecule has 2 rings (SSSR count). The fourth-order valence-electron chi connectivity index (χ4n) is 1.84. The Morgan fingerprint density at radius 3 is 2.32 bits per heavy atom. The van der Waals surface area contributed by atoms with Gasteiger partial charge in [0.1, 0.15) is 5.82 Å². The predicted octanol–water partition coefficient (Wildman–Crippen LogP) is 4.98. The molecule has 1 nitrogen and oxygen atoms in total. The van der Waals surface area contributed by atoms with Crippen LogP contribution in [0.1, 0.15) is 17.0 Å². The maximum Gasteiger partial charge on any atom is 0.123 e. The van der Waals surface area contributed by atoms with Crippen molar-refractivity contribution in [3.05, 3.63) is 69.5 Å². The van der Waals surface area contributed by atoms with E-state index in [0.29, 0.717) is 16.5 Å². The van der Waals surface area contributed by atoms with Gasteiger partial charge in [0.25, 0.3) is 0 Å². The Hall–Kier alpha value is -1.56. The maximum absolute atomic E-state index is 12.9. The molecule has 0 radical (unpaired) electrons. The van der Waals surface area contributed by atoms with E-state index in [9.17, 15) is 9.65 Å². The van der Waals surface area contributed by atoms with Crippen molar-refractivity contribution in [1.29, 1.82) is 5.26 Å². The Balaban J connectivity index is 2.22. The normalized spacial score (nSPS) is 11.9. The Kier molecular flexibility index (Phi) is 4.42. The molecule has 0 saturated carbocycles. The third-order valence-corrected chi connectivity index (χ3v) is 3.59. The van der Waals surface area contributed by atoms with Crippen LogP contribution in [0.4, 0.5) is 4.39 Å². The van der Waals surface area contributed by atoms with Crippen LogP contribution in [-0.4, -0.2) is 0 Å². The van der Waals surface area contributed by atoms with Crippen LogP contribution >= 0.6 is 23.2 Å². The molecule has 96 valence electrons. The summed E-state index contributed by atoms with van der Waals surface area (Å²) in [5, 5.41) is 10.2. The average Bonchev–Trinajstić information content (AvgIpc) is 2.41. The van der Waals surface area contributed by atoms with Crippen molar-refractivity contribution in [2.45, 2.75) is 12.3 Å². The number of nitrogens with zero attached hydrogens (tertiary/aromatic N) is 1. The quantitative estimate of drug-likeness (QED) is 0.783. The van der Waals surface area contributed by atoms with Gasteiger partial charge in [0.15, 0.2) is 0 Å². The van der Waals surface area contributed by atoms with Gasteiger partial charge in [0.05, 0.1) is 22.0 Å². The molecule has 1 unspecified atom stereocenters. The van der Waals surface area contributed by atoms with Crippen molar-refractivity contribution in [2.24, 2.45) is 0 Å². The zero-order chi connectivity index (χ0) is 13.8. The molecular weight excluding hydrogens is 284 g/mol. The van der Waals surface area contributed by atoms with Crippen LogP contribution in [0.25, 0.3) is 0 Å². The molecule has 0 aliphatic rings. The van der Waals surface area contributed by atoms with E-state index >= 15 is 0 Å². The second-order valence-electron chi connectivity index (χ2n) is 4.19. The topological polar surface area (TPSA) is 23.8 Å². The summed E-state index contributed by atoms with van der Waals surface area (Å²) < 4.78 is 12.9. The molecule has 0 aliphatic heterocycles. The number of hydrogen-bond donors (Lipinski definition) is 0. The molecule has 0 N–H and O–H groups in total. The van der Waals surface area contributed by atoms with Crippen LogP contribution in [0.15, 0.2) is 42.5 Å². The van der Waals surface area contributed by atoms with Gasteiger partial charge >= 0.3 is 0 Å². The molecule has 0 aliphatic carbocycles. The first-order valence-electron chi connectivity index (χ1n) is 5.69. The van der Waals surface area contributed by atoms with Crippen molar-refractivity contribution in [3.8, 4) is 6.07 Å². The third-order valence-electron chi connectivity index (χ3n) is 2.85. The smallest absolute Gasteiger partial charge is 0.123 e.